The first-order valence-corrected chi connectivity index (χ1v) is 6.87. The Labute approximate surface area is 113 Å². The number of halogens is 1. The fourth-order valence-corrected chi connectivity index (χ4v) is 2.14. The summed E-state index contributed by atoms with van der Waals surface area (Å²) >= 11 is 6.17. The largest absolute Gasteiger partial charge is 0.378 e. The molecular formula is C13H20ClN3O. The van der Waals surface area contributed by atoms with Crippen LogP contribution in [0.5, 0.6) is 0 Å². The van der Waals surface area contributed by atoms with Crippen LogP contribution in [0.4, 0.5) is 5.82 Å². The molecule has 1 N–H and O–H groups in total. The molecule has 2 heterocycles. The van der Waals surface area contributed by atoms with Crippen molar-refractivity contribution >= 4 is 17.4 Å². The Balaban J connectivity index is 2.04. The van der Waals surface area contributed by atoms with E-state index >= 15 is 0 Å². The zero-order chi connectivity index (χ0) is 12.8. The molecule has 1 fully saturated rings. The number of nitrogens with one attached hydrogen (secondary N) is 1. The third-order valence-corrected chi connectivity index (χ3v) is 3.34. The second kappa shape index (κ2) is 6.92. The van der Waals surface area contributed by atoms with Crippen LogP contribution in [0.3, 0.4) is 0 Å². The van der Waals surface area contributed by atoms with Gasteiger partial charge in [0.05, 0.1) is 18.2 Å². The molecule has 5 heteroatoms. The first-order valence-electron chi connectivity index (χ1n) is 6.49. The average Bonchev–Trinajstić information content (AvgIpc) is 2.42. The van der Waals surface area contributed by atoms with Crippen LogP contribution in [-0.4, -0.2) is 37.8 Å². The number of nitrogens with zero attached hydrogens (tertiary/aromatic N) is 2. The first-order chi connectivity index (χ1) is 8.81. The van der Waals surface area contributed by atoms with Gasteiger partial charge in [-0.1, -0.05) is 18.5 Å². The molecule has 1 aromatic rings. The first kappa shape index (κ1) is 13.6. The summed E-state index contributed by atoms with van der Waals surface area (Å²) in [7, 11) is 0. The summed E-state index contributed by atoms with van der Waals surface area (Å²) in [5, 5.41) is 4.10. The highest BCUT2D eigenvalue weighted by Gasteiger charge is 2.13. The lowest BCUT2D eigenvalue weighted by Gasteiger charge is -2.28. The SMILES string of the molecule is CCCNCc1cc(N2CCOCC2)ncc1Cl. The maximum absolute atomic E-state index is 6.17. The number of anilines is 1. The normalized spacial score (nSPS) is 16.0. The standard InChI is InChI=1S/C13H20ClN3O/c1-2-3-15-9-11-8-13(16-10-12(11)14)17-4-6-18-7-5-17/h8,10,15H,2-7,9H2,1H3. The molecular weight excluding hydrogens is 250 g/mol. The molecule has 0 aliphatic carbocycles. The second-order valence-electron chi connectivity index (χ2n) is 4.41. The summed E-state index contributed by atoms with van der Waals surface area (Å²) in [4.78, 5) is 6.64. The molecule has 18 heavy (non-hydrogen) atoms. The van der Waals surface area contributed by atoms with E-state index in [0.717, 1.165) is 62.2 Å². The molecule has 1 aliphatic rings. The molecule has 0 saturated carbocycles. The van der Waals surface area contributed by atoms with Crippen molar-refractivity contribution in [3.05, 3.63) is 22.8 Å². The summed E-state index contributed by atoms with van der Waals surface area (Å²) in [6.07, 6.45) is 2.87. The highest BCUT2D eigenvalue weighted by atomic mass is 35.5. The molecule has 0 atom stereocenters. The molecule has 1 saturated heterocycles. The van der Waals surface area contributed by atoms with Crippen molar-refractivity contribution in [3.63, 3.8) is 0 Å². The Morgan fingerprint density at radius 3 is 2.94 bits per heavy atom. The summed E-state index contributed by atoms with van der Waals surface area (Å²) < 4.78 is 5.35. The molecule has 1 aliphatic heterocycles. The molecule has 0 spiro atoms. The van der Waals surface area contributed by atoms with Gasteiger partial charge in [0.15, 0.2) is 0 Å². The van der Waals surface area contributed by atoms with Crippen molar-refractivity contribution in [3.8, 4) is 0 Å². The van der Waals surface area contributed by atoms with Crippen LogP contribution < -0.4 is 10.2 Å². The van der Waals surface area contributed by atoms with Crippen molar-refractivity contribution in [2.75, 3.05) is 37.7 Å². The number of ether oxygens (including phenoxy) is 1. The van der Waals surface area contributed by atoms with Crippen LogP contribution in [0, 0.1) is 0 Å². The van der Waals surface area contributed by atoms with Crippen molar-refractivity contribution in [2.45, 2.75) is 19.9 Å². The average molecular weight is 270 g/mol. The van der Waals surface area contributed by atoms with E-state index in [1.165, 1.54) is 0 Å². The van der Waals surface area contributed by atoms with Crippen molar-refractivity contribution in [1.29, 1.82) is 0 Å². The Hall–Kier alpha value is -0.840. The molecule has 4 nitrogen and oxygen atoms in total. The highest BCUT2D eigenvalue weighted by Crippen LogP contribution is 2.21. The van der Waals surface area contributed by atoms with E-state index in [0.29, 0.717) is 0 Å². The maximum atomic E-state index is 6.17. The Morgan fingerprint density at radius 1 is 1.44 bits per heavy atom. The fourth-order valence-electron chi connectivity index (χ4n) is 1.97. The van der Waals surface area contributed by atoms with Gasteiger partial charge in [0, 0.05) is 25.8 Å². The zero-order valence-corrected chi connectivity index (χ0v) is 11.5. The lowest BCUT2D eigenvalue weighted by molar-refractivity contribution is 0.122. The third-order valence-electron chi connectivity index (χ3n) is 3.00. The number of morpholine rings is 1. The number of hydrogen-bond donors (Lipinski definition) is 1. The zero-order valence-electron chi connectivity index (χ0n) is 10.8. The van der Waals surface area contributed by atoms with Gasteiger partial charge in [-0.2, -0.15) is 0 Å². The maximum Gasteiger partial charge on any atom is 0.129 e. The monoisotopic (exact) mass is 269 g/mol. The molecule has 1 aromatic heterocycles. The molecule has 2 rings (SSSR count). The van der Waals surface area contributed by atoms with E-state index in [1.807, 2.05) is 0 Å². The number of hydrogen-bond acceptors (Lipinski definition) is 4. The molecule has 100 valence electrons. The van der Waals surface area contributed by atoms with Gasteiger partial charge in [-0.05, 0) is 24.6 Å². The molecule has 0 amide bonds. The second-order valence-corrected chi connectivity index (χ2v) is 4.82. The summed E-state index contributed by atoms with van der Waals surface area (Å²) in [6.45, 7) is 7.30. The lowest BCUT2D eigenvalue weighted by atomic mass is 10.2. The Morgan fingerprint density at radius 2 is 2.22 bits per heavy atom. The molecule has 0 aromatic carbocycles. The Kier molecular flexibility index (Phi) is 5.23. The van der Waals surface area contributed by atoms with E-state index in [2.05, 4.69) is 28.2 Å². The van der Waals surface area contributed by atoms with Crippen molar-refractivity contribution in [1.82, 2.24) is 10.3 Å². The fraction of sp³-hybridized carbons (Fsp3) is 0.615. The van der Waals surface area contributed by atoms with Crippen LogP contribution in [0.25, 0.3) is 0 Å². The van der Waals surface area contributed by atoms with Crippen LogP contribution in [0.2, 0.25) is 5.02 Å². The summed E-state index contributed by atoms with van der Waals surface area (Å²) in [6, 6.07) is 2.08. The van der Waals surface area contributed by atoms with Crippen LogP contribution in [0.15, 0.2) is 12.3 Å². The predicted octanol–water partition coefficient (Wildman–Crippen LogP) is 2.07. The summed E-state index contributed by atoms with van der Waals surface area (Å²) in [5.74, 6) is 0.996. The van der Waals surface area contributed by atoms with Crippen LogP contribution in [-0.2, 0) is 11.3 Å². The van der Waals surface area contributed by atoms with Gasteiger partial charge < -0.3 is 15.0 Å². The van der Waals surface area contributed by atoms with Crippen molar-refractivity contribution < 1.29 is 4.74 Å². The predicted molar refractivity (Wildman–Crippen MR) is 74.3 cm³/mol. The van der Waals surface area contributed by atoms with E-state index in [9.17, 15) is 0 Å². The summed E-state index contributed by atoms with van der Waals surface area (Å²) in [5.41, 5.74) is 1.11. The third kappa shape index (κ3) is 3.57. The van der Waals surface area contributed by atoms with Gasteiger partial charge in [0.1, 0.15) is 5.82 Å². The van der Waals surface area contributed by atoms with Crippen LogP contribution in [0.1, 0.15) is 18.9 Å². The number of aromatic nitrogens is 1. The quantitative estimate of drug-likeness (QED) is 0.831. The van der Waals surface area contributed by atoms with E-state index in [-0.39, 0.29) is 0 Å². The van der Waals surface area contributed by atoms with E-state index < -0.39 is 0 Å². The molecule has 0 bridgehead atoms. The number of pyridine rings is 1. The van der Waals surface area contributed by atoms with Gasteiger partial charge >= 0.3 is 0 Å². The molecule has 0 unspecified atom stereocenters. The van der Waals surface area contributed by atoms with Gasteiger partial charge in [0.25, 0.3) is 0 Å². The van der Waals surface area contributed by atoms with E-state index in [4.69, 9.17) is 16.3 Å². The minimum atomic E-state index is 0.732. The highest BCUT2D eigenvalue weighted by molar-refractivity contribution is 6.31. The van der Waals surface area contributed by atoms with E-state index in [1.54, 1.807) is 6.20 Å². The molecule has 0 radical (unpaired) electrons. The minimum absolute atomic E-state index is 0.732. The number of rotatable bonds is 5. The topological polar surface area (TPSA) is 37.4 Å². The van der Waals surface area contributed by atoms with Gasteiger partial charge in [-0.3, -0.25) is 0 Å². The van der Waals surface area contributed by atoms with Gasteiger partial charge in [0.2, 0.25) is 0 Å². The lowest BCUT2D eigenvalue weighted by Crippen LogP contribution is -2.36. The van der Waals surface area contributed by atoms with Crippen molar-refractivity contribution in [2.24, 2.45) is 0 Å². The Bertz CT molecular complexity index is 380. The minimum Gasteiger partial charge on any atom is -0.378 e. The van der Waals surface area contributed by atoms with Gasteiger partial charge in [-0.25, -0.2) is 4.98 Å². The smallest absolute Gasteiger partial charge is 0.129 e. The van der Waals surface area contributed by atoms with Gasteiger partial charge in [-0.15, -0.1) is 0 Å². The van der Waals surface area contributed by atoms with Crippen LogP contribution >= 0.6 is 11.6 Å².